The molecule has 0 spiro atoms. The minimum atomic E-state index is -1.04. The van der Waals surface area contributed by atoms with E-state index in [2.05, 4.69) is 21.2 Å². The fourth-order valence-corrected chi connectivity index (χ4v) is 1.16. The van der Waals surface area contributed by atoms with Crippen LogP contribution in [-0.4, -0.2) is 27.6 Å². The molecule has 0 aromatic carbocycles. The summed E-state index contributed by atoms with van der Waals surface area (Å²) in [5.41, 5.74) is 0.0753. The Morgan fingerprint density at radius 2 is 2.44 bits per heavy atom. The second kappa shape index (κ2) is 5.71. The van der Waals surface area contributed by atoms with Crippen molar-refractivity contribution < 1.29 is 9.90 Å². The molecule has 0 atom stereocenters. The van der Waals surface area contributed by atoms with Gasteiger partial charge in [0, 0.05) is 19.2 Å². The van der Waals surface area contributed by atoms with Gasteiger partial charge in [-0.15, -0.1) is 12.3 Å². The molecule has 2 N–H and O–H groups in total. The Morgan fingerprint density at radius 1 is 1.69 bits per heavy atom. The Morgan fingerprint density at radius 3 is 3.06 bits per heavy atom. The number of aromatic carboxylic acids is 1. The van der Waals surface area contributed by atoms with Crippen molar-refractivity contribution >= 4 is 11.8 Å². The van der Waals surface area contributed by atoms with E-state index in [-0.39, 0.29) is 5.56 Å². The van der Waals surface area contributed by atoms with Crippen molar-refractivity contribution in [3.63, 3.8) is 0 Å². The molecule has 1 aromatic rings. The third-order valence-electron chi connectivity index (χ3n) is 1.93. The quantitative estimate of drug-likeness (QED) is 0.577. The largest absolute Gasteiger partial charge is 0.477 e. The topological polar surface area (TPSA) is 75.1 Å². The van der Waals surface area contributed by atoms with E-state index in [1.165, 1.54) is 6.20 Å². The van der Waals surface area contributed by atoms with E-state index in [1.54, 1.807) is 6.92 Å². The second-order valence-corrected chi connectivity index (χ2v) is 3.22. The second-order valence-electron chi connectivity index (χ2n) is 3.22. The lowest BCUT2D eigenvalue weighted by atomic mass is 10.3. The lowest BCUT2D eigenvalue weighted by molar-refractivity contribution is 0.0697. The molecule has 0 amide bonds. The van der Waals surface area contributed by atoms with Gasteiger partial charge in [0.2, 0.25) is 0 Å². The summed E-state index contributed by atoms with van der Waals surface area (Å²) >= 11 is 0. The molecule has 0 saturated carbocycles. The first-order valence-corrected chi connectivity index (χ1v) is 4.89. The Kier molecular flexibility index (Phi) is 4.28. The van der Waals surface area contributed by atoms with E-state index < -0.39 is 5.97 Å². The normalized spacial score (nSPS) is 9.50. The van der Waals surface area contributed by atoms with E-state index in [0.29, 0.717) is 24.6 Å². The zero-order valence-corrected chi connectivity index (χ0v) is 9.03. The number of rotatable bonds is 5. The lowest BCUT2D eigenvalue weighted by Gasteiger charge is -2.07. The van der Waals surface area contributed by atoms with Crippen LogP contribution in [0.3, 0.4) is 0 Å². The number of hydrogen-bond acceptors (Lipinski definition) is 4. The zero-order chi connectivity index (χ0) is 12.0. The molecule has 0 bridgehead atoms. The maximum Gasteiger partial charge on any atom is 0.341 e. The predicted molar refractivity (Wildman–Crippen MR) is 60.3 cm³/mol. The van der Waals surface area contributed by atoms with Crippen molar-refractivity contribution in [2.24, 2.45) is 0 Å². The molecular formula is C11H13N3O2. The number of nitrogens with zero attached hydrogens (tertiary/aromatic N) is 2. The Hall–Kier alpha value is -2.09. The van der Waals surface area contributed by atoms with Crippen LogP contribution < -0.4 is 5.32 Å². The molecule has 0 aliphatic rings. The van der Waals surface area contributed by atoms with Crippen molar-refractivity contribution in [3.8, 4) is 12.3 Å². The molecule has 1 rings (SSSR count). The molecule has 0 fully saturated rings. The van der Waals surface area contributed by atoms with Gasteiger partial charge in [-0.25, -0.2) is 14.8 Å². The van der Waals surface area contributed by atoms with Gasteiger partial charge < -0.3 is 10.4 Å². The van der Waals surface area contributed by atoms with Gasteiger partial charge in [-0.3, -0.25) is 0 Å². The van der Waals surface area contributed by atoms with Crippen LogP contribution in [0.25, 0.3) is 0 Å². The number of aromatic nitrogens is 2. The highest BCUT2D eigenvalue weighted by molar-refractivity contribution is 5.92. The number of carbonyl (C=O) groups is 1. The Balaban J connectivity index is 2.73. The summed E-state index contributed by atoms with van der Waals surface area (Å²) in [6.07, 6.45) is 7.84. The maximum atomic E-state index is 10.9. The monoisotopic (exact) mass is 219 g/mol. The van der Waals surface area contributed by atoms with E-state index in [4.69, 9.17) is 11.5 Å². The Bertz CT molecular complexity index is 424. The number of carboxylic acid groups (broad SMARTS) is 1. The van der Waals surface area contributed by atoms with Gasteiger partial charge in [0.25, 0.3) is 0 Å². The molecule has 0 saturated heterocycles. The molecule has 5 nitrogen and oxygen atoms in total. The van der Waals surface area contributed by atoms with E-state index in [1.807, 2.05) is 0 Å². The lowest BCUT2D eigenvalue weighted by Crippen LogP contribution is -2.11. The molecule has 0 radical (unpaired) electrons. The third-order valence-corrected chi connectivity index (χ3v) is 1.93. The molecule has 5 heteroatoms. The molecule has 84 valence electrons. The van der Waals surface area contributed by atoms with Crippen molar-refractivity contribution in [1.82, 2.24) is 9.97 Å². The van der Waals surface area contributed by atoms with Crippen LogP contribution in [0.2, 0.25) is 0 Å². The molecule has 1 heterocycles. The van der Waals surface area contributed by atoms with E-state index >= 15 is 0 Å². The van der Waals surface area contributed by atoms with Gasteiger partial charge in [-0.2, -0.15) is 0 Å². The standard InChI is InChI=1S/C11H13N3O2/c1-3-4-5-6-12-10-9(11(15)16)7-13-8(2)14-10/h1,7H,4-6H2,2H3,(H,15,16)(H,12,13,14). The average molecular weight is 219 g/mol. The van der Waals surface area contributed by atoms with Gasteiger partial charge >= 0.3 is 5.97 Å². The molecule has 1 aromatic heterocycles. The molecular weight excluding hydrogens is 206 g/mol. The van der Waals surface area contributed by atoms with Crippen molar-refractivity contribution in [1.29, 1.82) is 0 Å². The summed E-state index contributed by atoms with van der Waals surface area (Å²) in [6.45, 7) is 2.30. The number of terminal acetylenes is 1. The number of hydrogen-bond donors (Lipinski definition) is 2. The summed E-state index contributed by atoms with van der Waals surface area (Å²) in [6, 6.07) is 0. The van der Waals surface area contributed by atoms with Crippen LogP contribution >= 0.6 is 0 Å². The van der Waals surface area contributed by atoms with Crippen molar-refractivity contribution in [2.75, 3.05) is 11.9 Å². The van der Waals surface area contributed by atoms with Crippen LogP contribution in [0.5, 0.6) is 0 Å². The molecule has 0 aliphatic heterocycles. The summed E-state index contributed by atoms with van der Waals surface area (Å²) in [4.78, 5) is 18.7. The van der Waals surface area contributed by atoms with E-state index in [9.17, 15) is 4.79 Å². The van der Waals surface area contributed by atoms with Crippen LogP contribution in [0, 0.1) is 19.3 Å². The van der Waals surface area contributed by atoms with Gasteiger partial charge in [0.1, 0.15) is 17.2 Å². The van der Waals surface area contributed by atoms with Crippen LogP contribution in [0.1, 0.15) is 29.0 Å². The summed E-state index contributed by atoms with van der Waals surface area (Å²) < 4.78 is 0. The summed E-state index contributed by atoms with van der Waals surface area (Å²) in [5, 5.41) is 11.8. The number of anilines is 1. The van der Waals surface area contributed by atoms with Crippen LogP contribution in [-0.2, 0) is 0 Å². The van der Waals surface area contributed by atoms with E-state index in [0.717, 1.165) is 6.42 Å². The number of nitrogens with one attached hydrogen (secondary N) is 1. The van der Waals surface area contributed by atoms with Gasteiger partial charge in [0.15, 0.2) is 0 Å². The molecule has 16 heavy (non-hydrogen) atoms. The predicted octanol–water partition coefficient (Wildman–Crippen LogP) is 1.31. The number of carboxylic acids is 1. The first kappa shape index (κ1) is 12.0. The van der Waals surface area contributed by atoms with Gasteiger partial charge in [0.05, 0.1) is 0 Å². The highest BCUT2D eigenvalue weighted by Gasteiger charge is 2.11. The average Bonchev–Trinajstić information content (AvgIpc) is 2.24. The smallest absolute Gasteiger partial charge is 0.341 e. The highest BCUT2D eigenvalue weighted by atomic mass is 16.4. The molecule has 0 unspecified atom stereocenters. The van der Waals surface area contributed by atoms with Crippen molar-refractivity contribution in [2.45, 2.75) is 19.8 Å². The zero-order valence-electron chi connectivity index (χ0n) is 9.03. The highest BCUT2D eigenvalue weighted by Crippen LogP contribution is 2.11. The first-order chi connectivity index (χ1) is 7.65. The van der Waals surface area contributed by atoms with Crippen LogP contribution in [0.15, 0.2) is 6.20 Å². The van der Waals surface area contributed by atoms with Crippen LogP contribution in [0.4, 0.5) is 5.82 Å². The van der Waals surface area contributed by atoms with Gasteiger partial charge in [-0.05, 0) is 13.3 Å². The summed E-state index contributed by atoms with van der Waals surface area (Å²) in [5.74, 6) is 2.35. The first-order valence-electron chi connectivity index (χ1n) is 4.89. The fraction of sp³-hybridized carbons (Fsp3) is 0.364. The minimum Gasteiger partial charge on any atom is -0.477 e. The maximum absolute atomic E-state index is 10.9. The third kappa shape index (κ3) is 3.24. The molecule has 0 aliphatic carbocycles. The fourth-order valence-electron chi connectivity index (χ4n) is 1.16. The SMILES string of the molecule is C#CCCCNc1nc(C)ncc1C(=O)O. The number of unbranched alkanes of at least 4 members (excludes halogenated alkanes) is 1. The number of aryl methyl sites for hydroxylation is 1. The Labute approximate surface area is 93.9 Å². The van der Waals surface area contributed by atoms with Gasteiger partial charge in [-0.1, -0.05) is 0 Å². The minimum absolute atomic E-state index is 0.0753. The van der Waals surface area contributed by atoms with Crippen molar-refractivity contribution in [3.05, 3.63) is 17.6 Å². The summed E-state index contributed by atoms with van der Waals surface area (Å²) in [7, 11) is 0.